The summed E-state index contributed by atoms with van der Waals surface area (Å²) in [6.07, 6.45) is -0.241. The van der Waals surface area contributed by atoms with E-state index in [2.05, 4.69) is 35.9 Å². The Morgan fingerprint density at radius 1 is 1.17 bits per heavy atom. The van der Waals surface area contributed by atoms with Crippen molar-refractivity contribution in [2.45, 2.75) is 33.1 Å². The van der Waals surface area contributed by atoms with Crippen LogP contribution in [-0.2, 0) is 10.2 Å². The van der Waals surface area contributed by atoms with E-state index < -0.39 is 0 Å². The summed E-state index contributed by atoms with van der Waals surface area (Å²) < 4.78 is 6.87. The van der Waals surface area contributed by atoms with Crippen molar-refractivity contribution in [1.29, 1.82) is 0 Å². The minimum Gasteiger partial charge on any atom is -0.450 e. The molecule has 2 aromatic heterocycles. The third-order valence-corrected chi connectivity index (χ3v) is 4.05. The summed E-state index contributed by atoms with van der Waals surface area (Å²) >= 11 is 0. The van der Waals surface area contributed by atoms with E-state index in [0.717, 1.165) is 30.4 Å². The summed E-state index contributed by atoms with van der Waals surface area (Å²) in [4.78, 5) is 15.7. The van der Waals surface area contributed by atoms with Crippen LogP contribution in [0.3, 0.4) is 0 Å². The fourth-order valence-electron chi connectivity index (χ4n) is 2.75. The Labute approximate surface area is 141 Å². The summed E-state index contributed by atoms with van der Waals surface area (Å²) in [5.74, 6) is 1.71. The van der Waals surface area contributed by atoms with Gasteiger partial charge in [-0.25, -0.2) is 4.79 Å². The maximum atomic E-state index is 11.8. The van der Waals surface area contributed by atoms with Crippen molar-refractivity contribution in [2.24, 2.45) is 0 Å². The van der Waals surface area contributed by atoms with Crippen LogP contribution in [0.2, 0.25) is 0 Å². The second-order valence-corrected chi connectivity index (χ2v) is 6.91. The van der Waals surface area contributed by atoms with Crippen molar-refractivity contribution < 1.29 is 9.53 Å². The monoisotopic (exact) mass is 332 g/mol. The molecule has 0 spiro atoms. The van der Waals surface area contributed by atoms with Crippen LogP contribution < -0.4 is 4.90 Å². The zero-order valence-electron chi connectivity index (χ0n) is 14.7. The van der Waals surface area contributed by atoms with E-state index in [-0.39, 0.29) is 11.5 Å². The molecule has 2 aromatic rings. The van der Waals surface area contributed by atoms with Gasteiger partial charge in [-0.15, -0.1) is 15.3 Å². The summed E-state index contributed by atoms with van der Waals surface area (Å²) in [7, 11) is 0. The van der Waals surface area contributed by atoms with Crippen molar-refractivity contribution >= 4 is 17.6 Å². The van der Waals surface area contributed by atoms with Crippen LogP contribution in [0, 0.1) is 0 Å². The standard InChI is InChI=1S/C16H24N6O2/c1-5-24-15(23)21-10-8-20(9-11-21)13-7-6-12-17-18-14(16(2,3)4)22(12)19-13/h6-7H,5,8-11H2,1-4H3. The number of piperazine rings is 1. The molecule has 0 aliphatic carbocycles. The van der Waals surface area contributed by atoms with E-state index in [1.165, 1.54) is 0 Å². The fourth-order valence-corrected chi connectivity index (χ4v) is 2.75. The topological polar surface area (TPSA) is 75.9 Å². The molecule has 1 amide bonds. The highest BCUT2D eigenvalue weighted by atomic mass is 16.6. The molecule has 0 unspecified atom stereocenters. The second kappa shape index (κ2) is 6.26. The molecule has 3 heterocycles. The van der Waals surface area contributed by atoms with E-state index in [0.29, 0.717) is 19.7 Å². The van der Waals surface area contributed by atoms with E-state index >= 15 is 0 Å². The van der Waals surface area contributed by atoms with Gasteiger partial charge in [-0.2, -0.15) is 4.52 Å². The SMILES string of the molecule is CCOC(=O)N1CCN(c2ccc3nnc(C(C)(C)C)n3n2)CC1. The van der Waals surface area contributed by atoms with Gasteiger partial charge in [0, 0.05) is 31.6 Å². The number of carbonyl (C=O) groups is 1. The molecule has 8 heteroatoms. The van der Waals surface area contributed by atoms with Crippen molar-refractivity contribution in [2.75, 3.05) is 37.7 Å². The van der Waals surface area contributed by atoms with Gasteiger partial charge in [-0.3, -0.25) is 0 Å². The molecule has 3 rings (SSSR count). The Bertz CT molecular complexity index is 728. The normalized spacial score (nSPS) is 15.8. The van der Waals surface area contributed by atoms with Gasteiger partial charge < -0.3 is 14.5 Å². The lowest BCUT2D eigenvalue weighted by Crippen LogP contribution is -2.49. The van der Waals surface area contributed by atoms with Crippen molar-refractivity contribution in [3.05, 3.63) is 18.0 Å². The number of carbonyl (C=O) groups excluding carboxylic acids is 1. The van der Waals surface area contributed by atoms with Crippen LogP contribution in [0.4, 0.5) is 10.6 Å². The van der Waals surface area contributed by atoms with Crippen LogP contribution >= 0.6 is 0 Å². The largest absolute Gasteiger partial charge is 0.450 e. The van der Waals surface area contributed by atoms with E-state index in [9.17, 15) is 4.79 Å². The van der Waals surface area contributed by atoms with Crippen LogP contribution in [0.25, 0.3) is 5.65 Å². The maximum Gasteiger partial charge on any atom is 0.409 e. The molecule has 1 fully saturated rings. The highest BCUT2D eigenvalue weighted by Crippen LogP contribution is 2.22. The molecule has 130 valence electrons. The van der Waals surface area contributed by atoms with Gasteiger partial charge in [0.2, 0.25) is 0 Å². The van der Waals surface area contributed by atoms with Gasteiger partial charge >= 0.3 is 6.09 Å². The second-order valence-electron chi connectivity index (χ2n) is 6.91. The number of anilines is 1. The number of hydrogen-bond acceptors (Lipinski definition) is 6. The molecular weight excluding hydrogens is 308 g/mol. The van der Waals surface area contributed by atoms with Crippen molar-refractivity contribution in [1.82, 2.24) is 24.7 Å². The molecule has 1 aliphatic rings. The molecule has 0 N–H and O–H groups in total. The lowest BCUT2D eigenvalue weighted by atomic mass is 9.96. The van der Waals surface area contributed by atoms with Crippen LogP contribution in [0.5, 0.6) is 0 Å². The number of amides is 1. The quantitative estimate of drug-likeness (QED) is 0.833. The first kappa shape index (κ1) is 16.5. The van der Waals surface area contributed by atoms with Gasteiger partial charge in [0.1, 0.15) is 5.82 Å². The van der Waals surface area contributed by atoms with Crippen molar-refractivity contribution in [3.63, 3.8) is 0 Å². The predicted molar refractivity (Wildman–Crippen MR) is 90.3 cm³/mol. The molecule has 0 aromatic carbocycles. The summed E-state index contributed by atoms with van der Waals surface area (Å²) in [6, 6.07) is 3.89. The Morgan fingerprint density at radius 2 is 1.88 bits per heavy atom. The molecule has 0 radical (unpaired) electrons. The Morgan fingerprint density at radius 3 is 2.50 bits per heavy atom. The molecule has 8 nitrogen and oxygen atoms in total. The van der Waals surface area contributed by atoms with Gasteiger partial charge in [-0.05, 0) is 19.1 Å². The van der Waals surface area contributed by atoms with E-state index in [1.54, 1.807) is 4.90 Å². The molecule has 24 heavy (non-hydrogen) atoms. The molecule has 1 saturated heterocycles. The third kappa shape index (κ3) is 3.13. The van der Waals surface area contributed by atoms with E-state index in [1.807, 2.05) is 23.6 Å². The number of fused-ring (bicyclic) bond motifs is 1. The fraction of sp³-hybridized carbons (Fsp3) is 0.625. The smallest absolute Gasteiger partial charge is 0.409 e. The number of nitrogens with zero attached hydrogens (tertiary/aromatic N) is 6. The molecular formula is C16H24N6O2. The average Bonchev–Trinajstić information content (AvgIpc) is 2.98. The number of rotatable bonds is 2. The first-order valence-electron chi connectivity index (χ1n) is 8.29. The number of ether oxygens (including phenoxy) is 1. The number of hydrogen-bond donors (Lipinski definition) is 0. The van der Waals surface area contributed by atoms with Crippen LogP contribution in [0.1, 0.15) is 33.5 Å². The summed E-state index contributed by atoms with van der Waals surface area (Å²) in [5, 5.41) is 13.2. The minimum atomic E-state index is -0.241. The molecule has 1 aliphatic heterocycles. The molecule has 0 bridgehead atoms. The van der Waals surface area contributed by atoms with Gasteiger partial charge in [0.15, 0.2) is 11.5 Å². The summed E-state index contributed by atoms with van der Waals surface area (Å²) in [6.45, 7) is 11.2. The van der Waals surface area contributed by atoms with Gasteiger partial charge in [-0.1, -0.05) is 20.8 Å². The highest BCUT2D eigenvalue weighted by molar-refractivity contribution is 5.68. The highest BCUT2D eigenvalue weighted by Gasteiger charge is 2.25. The first-order chi connectivity index (χ1) is 11.4. The Balaban J connectivity index is 1.78. The third-order valence-electron chi connectivity index (χ3n) is 4.05. The van der Waals surface area contributed by atoms with Crippen molar-refractivity contribution in [3.8, 4) is 0 Å². The zero-order chi connectivity index (χ0) is 17.3. The summed E-state index contributed by atoms with van der Waals surface area (Å²) in [5.41, 5.74) is 0.613. The zero-order valence-corrected chi connectivity index (χ0v) is 14.7. The van der Waals surface area contributed by atoms with Gasteiger partial charge in [0.25, 0.3) is 0 Å². The van der Waals surface area contributed by atoms with Crippen LogP contribution in [0.15, 0.2) is 12.1 Å². The lowest BCUT2D eigenvalue weighted by Gasteiger charge is -2.34. The van der Waals surface area contributed by atoms with E-state index in [4.69, 9.17) is 9.84 Å². The Hall–Kier alpha value is -2.38. The maximum absolute atomic E-state index is 11.8. The molecule has 0 atom stereocenters. The first-order valence-corrected chi connectivity index (χ1v) is 8.29. The minimum absolute atomic E-state index is 0.131. The predicted octanol–water partition coefficient (Wildman–Crippen LogP) is 1.70. The Kier molecular flexibility index (Phi) is 4.29. The molecule has 0 saturated carbocycles. The van der Waals surface area contributed by atoms with Crippen LogP contribution in [-0.4, -0.2) is 63.6 Å². The van der Waals surface area contributed by atoms with Gasteiger partial charge in [0.05, 0.1) is 6.61 Å². The lowest BCUT2D eigenvalue weighted by molar-refractivity contribution is 0.105. The average molecular weight is 332 g/mol. The number of aromatic nitrogens is 4.